The highest BCUT2D eigenvalue weighted by atomic mass is 16.5. The lowest BCUT2D eigenvalue weighted by molar-refractivity contribution is -0.154. The summed E-state index contributed by atoms with van der Waals surface area (Å²) < 4.78 is 11.6. The number of fused-ring (bicyclic) bond motifs is 3. The molecule has 1 saturated carbocycles. The number of esters is 1. The van der Waals surface area contributed by atoms with Crippen LogP contribution in [-0.2, 0) is 20.9 Å². The van der Waals surface area contributed by atoms with E-state index in [1.165, 1.54) is 12.5 Å². The van der Waals surface area contributed by atoms with Crippen molar-refractivity contribution in [3.05, 3.63) is 35.9 Å². The molecular formula is C18H25NO3. The fourth-order valence-corrected chi connectivity index (χ4v) is 3.91. The maximum absolute atomic E-state index is 11.2. The third kappa shape index (κ3) is 3.50. The van der Waals surface area contributed by atoms with Crippen LogP contribution in [0.5, 0.6) is 0 Å². The number of rotatable bonds is 5. The van der Waals surface area contributed by atoms with Crippen molar-refractivity contribution >= 4 is 5.97 Å². The van der Waals surface area contributed by atoms with E-state index in [0.717, 1.165) is 19.4 Å². The number of ether oxygens (including phenoxy) is 2. The normalized spacial score (nSPS) is 31.7. The number of hydrogen-bond donors (Lipinski definition) is 1. The van der Waals surface area contributed by atoms with Gasteiger partial charge in [0.25, 0.3) is 0 Å². The first-order valence-electron chi connectivity index (χ1n) is 8.19. The summed E-state index contributed by atoms with van der Waals surface area (Å²) in [6.07, 6.45) is 2.38. The lowest BCUT2D eigenvalue weighted by Crippen LogP contribution is -2.61. The van der Waals surface area contributed by atoms with E-state index in [2.05, 4.69) is 17.4 Å². The van der Waals surface area contributed by atoms with Gasteiger partial charge >= 0.3 is 5.97 Å². The largest absolute Gasteiger partial charge is 0.462 e. The Morgan fingerprint density at radius 2 is 2.09 bits per heavy atom. The molecule has 0 aromatic heterocycles. The monoisotopic (exact) mass is 303 g/mol. The zero-order chi connectivity index (χ0) is 15.5. The Morgan fingerprint density at radius 3 is 2.77 bits per heavy atom. The fourth-order valence-electron chi connectivity index (χ4n) is 3.91. The Hall–Kier alpha value is -1.39. The lowest BCUT2D eigenvalue weighted by Gasteiger charge is -2.49. The predicted molar refractivity (Wildman–Crippen MR) is 84.3 cm³/mol. The molecule has 2 heterocycles. The Kier molecular flexibility index (Phi) is 4.79. The average Bonchev–Trinajstić information content (AvgIpc) is 2.53. The van der Waals surface area contributed by atoms with Gasteiger partial charge in [0.1, 0.15) is 6.10 Å². The Bertz CT molecular complexity index is 504. The standard InChI is InChI=1S/C18H25NO3/c1-12(22-13(2)20)16-8-15-9-17(18(16)19-10-15)21-11-14-6-4-3-5-7-14/h3-7,12,15-19H,8-11H2,1-2H3/t12-,15-,16-,17+,18+/m1/s1. The van der Waals surface area contributed by atoms with Gasteiger partial charge < -0.3 is 14.8 Å². The number of piperidine rings is 2. The van der Waals surface area contributed by atoms with Crippen LogP contribution in [0.15, 0.2) is 30.3 Å². The SMILES string of the molecule is CC(=O)O[C@H](C)[C@H]1C[C@H]2CN[C@@H]1[C@@H](OCc1ccccc1)C2. The van der Waals surface area contributed by atoms with Crippen LogP contribution in [0.3, 0.4) is 0 Å². The second-order valence-electron chi connectivity index (χ2n) is 6.58. The van der Waals surface area contributed by atoms with E-state index in [0.29, 0.717) is 18.4 Å². The van der Waals surface area contributed by atoms with Crippen molar-refractivity contribution in [3.8, 4) is 0 Å². The summed E-state index contributed by atoms with van der Waals surface area (Å²) in [7, 11) is 0. The summed E-state index contributed by atoms with van der Waals surface area (Å²) in [5, 5.41) is 3.59. The molecule has 22 heavy (non-hydrogen) atoms. The predicted octanol–water partition coefficient (Wildman–Crippen LogP) is 2.52. The molecular weight excluding hydrogens is 278 g/mol. The van der Waals surface area contributed by atoms with Crippen molar-refractivity contribution in [3.63, 3.8) is 0 Å². The number of nitrogens with one attached hydrogen (secondary N) is 1. The molecule has 3 fully saturated rings. The van der Waals surface area contributed by atoms with Gasteiger partial charge in [0.05, 0.1) is 12.7 Å². The van der Waals surface area contributed by atoms with E-state index in [-0.39, 0.29) is 24.2 Å². The Balaban J connectivity index is 1.61. The zero-order valence-corrected chi connectivity index (χ0v) is 13.3. The maximum Gasteiger partial charge on any atom is 0.302 e. The van der Waals surface area contributed by atoms with Crippen LogP contribution in [0.2, 0.25) is 0 Å². The molecule has 4 rings (SSSR count). The van der Waals surface area contributed by atoms with Gasteiger partial charge in [-0.2, -0.15) is 0 Å². The fraction of sp³-hybridized carbons (Fsp3) is 0.611. The van der Waals surface area contributed by atoms with Gasteiger partial charge in [-0.05, 0) is 37.8 Å². The molecule has 5 atom stereocenters. The highest BCUT2D eigenvalue weighted by Crippen LogP contribution is 2.38. The van der Waals surface area contributed by atoms with Gasteiger partial charge in [0.2, 0.25) is 0 Å². The van der Waals surface area contributed by atoms with Crippen LogP contribution in [0.4, 0.5) is 0 Å². The zero-order valence-electron chi connectivity index (χ0n) is 13.3. The van der Waals surface area contributed by atoms with E-state index >= 15 is 0 Å². The molecule has 0 radical (unpaired) electrons. The summed E-state index contributed by atoms with van der Waals surface area (Å²) in [5.41, 5.74) is 1.20. The smallest absolute Gasteiger partial charge is 0.302 e. The molecule has 1 aromatic carbocycles. The van der Waals surface area contributed by atoms with Gasteiger partial charge in [-0.1, -0.05) is 30.3 Å². The summed E-state index contributed by atoms with van der Waals surface area (Å²) in [6, 6.07) is 10.6. The third-order valence-corrected chi connectivity index (χ3v) is 4.94. The molecule has 2 bridgehead atoms. The van der Waals surface area contributed by atoms with Crippen molar-refractivity contribution in [1.82, 2.24) is 5.32 Å². The van der Waals surface area contributed by atoms with Crippen molar-refractivity contribution in [1.29, 1.82) is 0 Å². The number of carbonyl (C=O) groups is 1. The van der Waals surface area contributed by atoms with Gasteiger partial charge in [-0.15, -0.1) is 0 Å². The highest BCUT2D eigenvalue weighted by molar-refractivity contribution is 5.66. The Labute approximate surface area is 132 Å². The summed E-state index contributed by atoms with van der Waals surface area (Å²) in [6.45, 7) is 5.18. The molecule has 2 aliphatic heterocycles. The van der Waals surface area contributed by atoms with Crippen LogP contribution >= 0.6 is 0 Å². The average molecular weight is 303 g/mol. The van der Waals surface area contributed by atoms with E-state index in [9.17, 15) is 4.79 Å². The van der Waals surface area contributed by atoms with Gasteiger partial charge in [0.15, 0.2) is 0 Å². The van der Waals surface area contributed by atoms with Crippen molar-refractivity contribution in [2.24, 2.45) is 11.8 Å². The molecule has 3 aliphatic rings. The molecule has 2 saturated heterocycles. The van der Waals surface area contributed by atoms with Crippen LogP contribution in [0, 0.1) is 11.8 Å². The second kappa shape index (κ2) is 6.80. The number of carbonyl (C=O) groups excluding carboxylic acids is 1. The van der Waals surface area contributed by atoms with Gasteiger partial charge in [-0.3, -0.25) is 4.79 Å². The van der Waals surface area contributed by atoms with Gasteiger partial charge in [-0.25, -0.2) is 0 Å². The molecule has 1 aliphatic carbocycles. The number of hydrogen-bond acceptors (Lipinski definition) is 4. The van der Waals surface area contributed by atoms with E-state index in [4.69, 9.17) is 9.47 Å². The van der Waals surface area contributed by atoms with Crippen LogP contribution in [-0.4, -0.2) is 30.8 Å². The minimum Gasteiger partial charge on any atom is -0.462 e. The van der Waals surface area contributed by atoms with E-state index in [1.807, 2.05) is 25.1 Å². The molecule has 4 heteroatoms. The summed E-state index contributed by atoms with van der Waals surface area (Å²) in [4.78, 5) is 11.2. The van der Waals surface area contributed by atoms with Crippen molar-refractivity contribution < 1.29 is 14.3 Å². The molecule has 0 unspecified atom stereocenters. The van der Waals surface area contributed by atoms with Crippen LogP contribution < -0.4 is 5.32 Å². The van der Waals surface area contributed by atoms with Crippen molar-refractivity contribution in [2.45, 2.75) is 51.5 Å². The third-order valence-electron chi connectivity index (χ3n) is 4.94. The first-order chi connectivity index (χ1) is 10.6. The minimum atomic E-state index is -0.198. The maximum atomic E-state index is 11.2. The summed E-state index contributed by atoms with van der Waals surface area (Å²) in [5.74, 6) is 0.765. The molecule has 1 N–H and O–H groups in total. The first kappa shape index (κ1) is 15.5. The minimum absolute atomic E-state index is 0.0547. The molecule has 4 nitrogen and oxygen atoms in total. The second-order valence-corrected chi connectivity index (χ2v) is 6.58. The quantitative estimate of drug-likeness (QED) is 0.849. The highest BCUT2D eigenvalue weighted by Gasteiger charge is 2.45. The van der Waals surface area contributed by atoms with E-state index in [1.54, 1.807) is 0 Å². The van der Waals surface area contributed by atoms with Crippen LogP contribution in [0.1, 0.15) is 32.3 Å². The van der Waals surface area contributed by atoms with E-state index < -0.39 is 0 Å². The molecule has 120 valence electrons. The lowest BCUT2D eigenvalue weighted by atomic mass is 9.70. The van der Waals surface area contributed by atoms with Gasteiger partial charge in [0, 0.05) is 18.9 Å². The Morgan fingerprint density at radius 1 is 1.32 bits per heavy atom. The number of benzene rings is 1. The molecule has 0 amide bonds. The van der Waals surface area contributed by atoms with Crippen LogP contribution in [0.25, 0.3) is 0 Å². The topological polar surface area (TPSA) is 47.6 Å². The summed E-state index contributed by atoms with van der Waals surface area (Å²) >= 11 is 0. The molecule has 1 aromatic rings. The molecule has 0 spiro atoms. The first-order valence-corrected chi connectivity index (χ1v) is 8.19. The van der Waals surface area contributed by atoms with Crippen molar-refractivity contribution in [2.75, 3.05) is 6.54 Å².